The predicted octanol–water partition coefficient (Wildman–Crippen LogP) is 2.10. The van der Waals surface area contributed by atoms with Crippen molar-refractivity contribution in [1.29, 1.82) is 0 Å². The summed E-state index contributed by atoms with van der Waals surface area (Å²) < 4.78 is 0. The highest BCUT2D eigenvalue weighted by Gasteiger charge is 2.05. The van der Waals surface area contributed by atoms with Gasteiger partial charge in [-0.1, -0.05) is 0 Å². The third-order valence-corrected chi connectivity index (χ3v) is 2.57. The van der Waals surface area contributed by atoms with Gasteiger partial charge in [0.2, 0.25) is 0 Å². The van der Waals surface area contributed by atoms with Gasteiger partial charge in [0.15, 0.2) is 0 Å². The summed E-state index contributed by atoms with van der Waals surface area (Å²) in [5, 5.41) is 12.1. The molecule has 0 bridgehead atoms. The molecule has 0 unspecified atom stereocenters. The Bertz CT molecular complexity index is 555. The molecule has 0 fully saturated rings. The smallest absolute Gasteiger partial charge is 0.335 e. The highest BCUT2D eigenvalue weighted by Crippen LogP contribution is 2.17. The summed E-state index contributed by atoms with van der Waals surface area (Å²) in [4.78, 5) is 18.7. The molecule has 18 heavy (non-hydrogen) atoms. The number of nitrogens with zero attached hydrogens (tertiary/aromatic N) is 2. The Morgan fingerprint density at radius 1 is 1.33 bits per heavy atom. The van der Waals surface area contributed by atoms with Crippen LogP contribution in [0.3, 0.4) is 0 Å². The minimum absolute atomic E-state index is 0.293. The van der Waals surface area contributed by atoms with E-state index < -0.39 is 5.97 Å². The Balaban J connectivity index is 2.08. The van der Waals surface area contributed by atoms with E-state index in [4.69, 9.17) is 5.11 Å². The molecule has 0 radical (unpaired) electrons. The lowest BCUT2D eigenvalue weighted by atomic mass is 10.1. The van der Waals surface area contributed by atoms with Gasteiger partial charge in [-0.05, 0) is 30.7 Å². The van der Waals surface area contributed by atoms with Crippen LogP contribution in [0.5, 0.6) is 0 Å². The fourth-order valence-electron chi connectivity index (χ4n) is 1.61. The first-order chi connectivity index (χ1) is 8.66. The average Bonchev–Trinajstić information content (AvgIpc) is 2.38. The summed E-state index contributed by atoms with van der Waals surface area (Å²) in [6.07, 6.45) is 4.96. The minimum Gasteiger partial charge on any atom is -0.478 e. The van der Waals surface area contributed by atoms with Gasteiger partial charge in [-0.3, -0.25) is 0 Å². The second-order valence-corrected chi connectivity index (χ2v) is 3.94. The molecule has 0 atom stereocenters. The van der Waals surface area contributed by atoms with Gasteiger partial charge in [0, 0.05) is 30.2 Å². The Morgan fingerprint density at radius 3 is 2.67 bits per heavy atom. The Kier molecular flexibility index (Phi) is 3.52. The Labute approximate surface area is 105 Å². The molecule has 1 aromatic carbocycles. The summed E-state index contributed by atoms with van der Waals surface area (Å²) in [5.74, 6) is -0.916. The molecule has 0 aliphatic rings. The molecule has 2 N–H and O–H groups in total. The van der Waals surface area contributed by atoms with Crippen molar-refractivity contribution in [2.75, 3.05) is 5.32 Å². The first kappa shape index (κ1) is 12.0. The topological polar surface area (TPSA) is 75.1 Å². The van der Waals surface area contributed by atoms with Gasteiger partial charge in [0.05, 0.1) is 5.56 Å². The lowest BCUT2D eigenvalue weighted by molar-refractivity contribution is 0.0697. The van der Waals surface area contributed by atoms with Crippen molar-refractivity contribution in [3.05, 3.63) is 53.6 Å². The molecule has 5 heteroatoms. The number of hydrogen-bond acceptors (Lipinski definition) is 4. The van der Waals surface area contributed by atoms with E-state index in [1.165, 1.54) is 6.33 Å². The molecular weight excluding hydrogens is 230 g/mol. The van der Waals surface area contributed by atoms with Gasteiger partial charge in [0.25, 0.3) is 0 Å². The van der Waals surface area contributed by atoms with Crippen molar-refractivity contribution in [3.8, 4) is 0 Å². The van der Waals surface area contributed by atoms with Crippen LogP contribution in [-0.2, 0) is 6.54 Å². The van der Waals surface area contributed by atoms with Crippen molar-refractivity contribution in [1.82, 2.24) is 9.97 Å². The number of hydrogen-bond donors (Lipinski definition) is 2. The van der Waals surface area contributed by atoms with Gasteiger partial charge in [-0.15, -0.1) is 0 Å². The molecule has 0 saturated heterocycles. The van der Waals surface area contributed by atoms with Crippen molar-refractivity contribution < 1.29 is 9.90 Å². The number of anilines is 1. The zero-order chi connectivity index (χ0) is 13.0. The largest absolute Gasteiger partial charge is 0.478 e. The Hall–Kier alpha value is -2.43. The molecule has 0 spiro atoms. The normalized spacial score (nSPS) is 10.1. The zero-order valence-corrected chi connectivity index (χ0v) is 9.92. The van der Waals surface area contributed by atoms with Crippen LogP contribution in [0.1, 0.15) is 21.5 Å². The number of nitrogens with one attached hydrogen (secondary N) is 1. The van der Waals surface area contributed by atoms with Gasteiger partial charge < -0.3 is 10.4 Å². The first-order valence-electron chi connectivity index (χ1n) is 5.48. The number of aryl methyl sites for hydroxylation is 1. The van der Waals surface area contributed by atoms with Crippen LogP contribution in [0.4, 0.5) is 5.69 Å². The van der Waals surface area contributed by atoms with E-state index in [1.807, 2.05) is 6.92 Å². The van der Waals surface area contributed by atoms with E-state index in [0.29, 0.717) is 12.1 Å². The fraction of sp³-hybridized carbons (Fsp3) is 0.154. The number of rotatable bonds is 4. The maximum absolute atomic E-state index is 10.8. The summed E-state index contributed by atoms with van der Waals surface area (Å²) >= 11 is 0. The van der Waals surface area contributed by atoms with Gasteiger partial charge in [-0.2, -0.15) is 0 Å². The fourth-order valence-corrected chi connectivity index (χ4v) is 1.61. The third-order valence-electron chi connectivity index (χ3n) is 2.57. The summed E-state index contributed by atoms with van der Waals surface area (Å²) in [5.41, 5.74) is 3.07. The number of aromatic carboxylic acids is 1. The van der Waals surface area contributed by atoms with Crippen LogP contribution in [0, 0.1) is 6.92 Å². The molecule has 2 aromatic rings. The van der Waals surface area contributed by atoms with Crippen molar-refractivity contribution >= 4 is 11.7 Å². The van der Waals surface area contributed by atoms with Crippen LogP contribution < -0.4 is 5.32 Å². The van der Waals surface area contributed by atoms with Gasteiger partial charge >= 0.3 is 5.97 Å². The van der Waals surface area contributed by atoms with Crippen LogP contribution >= 0.6 is 0 Å². The second kappa shape index (κ2) is 5.27. The van der Waals surface area contributed by atoms with Crippen molar-refractivity contribution in [3.63, 3.8) is 0 Å². The SMILES string of the molecule is Cc1cc(C(=O)O)ccc1NCc1cncnc1. The molecule has 0 aliphatic heterocycles. The monoisotopic (exact) mass is 243 g/mol. The quantitative estimate of drug-likeness (QED) is 0.860. The molecule has 0 saturated carbocycles. The Morgan fingerprint density at radius 2 is 2.06 bits per heavy atom. The van der Waals surface area contributed by atoms with Crippen LogP contribution in [0.2, 0.25) is 0 Å². The van der Waals surface area contributed by atoms with Crippen molar-refractivity contribution in [2.24, 2.45) is 0 Å². The number of carboxylic acids is 1. The zero-order valence-electron chi connectivity index (χ0n) is 9.92. The van der Waals surface area contributed by atoms with Crippen molar-refractivity contribution in [2.45, 2.75) is 13.5 Å². The van der Waals surface area contributed by atoms with Crippen LogP contribution in [0.25, 0.3) is 0 Å². The van der Waals surface area contributed by atoms with Gasteiger partial charge in [0.1, 0.15) is 6.33 Å². The molecule has 5 nitrogen and oxygen atoms in total. The number of carboxylic acid groups (broad SMARTS) is 1. The number of aromatic nitrogens is 2. The molecule has 1 aromatic heterocycles. The van der Waals surface area contributed by atoms with E-state index >= 15 is 0 Å². The number of benzene rings is 1. The minimum atomic E-state index is -0.916. The average molecular weight is 243 g/mol. The van der Waals surface area contributed by atoms with E-state index in [9.17, 15) is 4.79 Å². The predicted molar refractivity (Wildman–Crippen MR) is 67.5 cm³/mol. The van der Waals surface area contributed by atoms with Gasteiger partial charge in [-0.25, -0.2) is 14.8 Å². The second-order valence-electron chi connectivity index (χ2n) is 3.94. The maximum Gasteiger partial charge on any atom is 0.335 e. The highest BCUT2D eigenvalue weighted by molar-refractivity contribution is 5.88. The lowest BCUT2D eigenvalue weighted by Crippen LogP contribution is -2.03. The van der Waals surface area contributed by atoms with E-state index in [0.717, 1.165) is 16.8 Å². The summed E-state index contributed by atoms with van der Waals surface area (Å²) in [6, 6.07) is 4.99. The van der Waals surface area contributed by atoms with Crippen LogP contribution in [-0.4, -0.2) is 21.0 Å². The van der Waals surface area contributed by atoms with E-state index in [-0.39, 0.29) is 0 Å². The molecule has 92 valence electrons. The maximum atomic E-state index is 10.8. The van der Waals surface area contributed by atoms with Crippen LogP contribution in [0.15, 0.2) is 36.9 Å². The standard InChI is InChI=1S/C13H13N3O2/c1-9-4-11(13(17)18)2-3-12(9)16-7-10-5-14-8-15-6-10/h2-6,8,16H,7H2,1H3,(H,17,18). The molecule has 0 aliphatic carbocycles. The summed E-state index contributed by atoms with van der Waals surface area (Å²) in [6.45, 7) is 2.48. The molecular formula is C13H13N3O2. The molecule has 2 rings (SSSR count). The summed E-state index contributed by atoms with van der Waals surface area (Å²) in [7, 11) is 0. The van der Waals surface area contributed by atoms with E-state index in [2.05, 4.69) is 15.3 Å². The first-order valence-corrected chi connectivity index (χ1v) is 5.48. The highest BCUT2D eigenvalue weighted by atomic mass is 16.4. The van der Waals surface area contributed by atoms with E-state index in [1.54, 1.807) is 30.6 Å². The molecule has 1 heterocycles. The lowest BCUT2D eigenvalue weighted by Gasteiger charge is -2.09. The third kappa shape index (κ3) is 2.82. The molecule has 0 amide bonds. The number of carbonyl (C=O) groups is 1.